The normalized spacial score (nSPS) is 10.4. The Bertz CT molecular complexity index is 276. The maximum Gasteiger partial charge on any atom is 0.134 e. The number of rotatable bonds is 4. The molecule has 1 aromatic heterocycles. The largest absolute Gasteiger partial charge is 0.392 e. The van der Waals surface area contributed by atoms with Gasteiger partial charge in [0.2, 0.25) is 0 Å². The lowest BCUT2D eigenvalue weighted by molar-refractivity contribution is 0.281. The van der Waals surface area contributed by atoms with E-state index in [9.17, 15) is 0 Å². The molecule has 0 aliphatic heterocycles. The minimum atomic E-state index is -0.0359. The molecule has 0 aliphatic rings. The van der Waals surface area contributed by atoms with Crippen molar-refractivity contribution < 1.29 is 5.11 Å². The number of aryl methyl sites for hydroxylation is 1. The van der Waals surface area contributed by atoms with E-state index in [2.05, 4.69) is 11.9 Å². The van der Waals surface area contributed by atoms with Gasteiger partial charge >= 0.3 is 0 Å². The highest BCUT2D eigenvalue weighted by molar-refractivity contribution is 6.30. The van der Waals surface area contributed by atoms with Crippen molar-refractivity contribution in [2.24, 2.45) is 0 Å². The Kier molecular flexibility index (Phi) is 4.19. The molecule has 1 rings (SSSR count). The number of hydrogen-bond donors (Lipinski definition) is 1. The second-order valence-electron chi connectivity index (χ2n) is 3.06. The van der Waals surface area contributed by atoms with Crippen LogP contribution in [0.3, 0.4) is 0 Å². The summed E-state index contributed by atoms with van der Waals surface area (Å²) in [5.74, 6) is 0. The van der Waals surface area contributed by atoms with Crippen LogP contribution in [0.15, 0.2) is 12.3 Å². The molecule has 0 aromatic carbocycles. The molecule has 1 aromatic rings. The zero-order valence-electron chi connectivity index (χ0n) is 7.76. The summed E-state index contributed by atoms with van der Waals surface area (Å²) in [4.78, 5) is 4.01. The number of aromatic nitrogens is 1. The fourth-order valence-electron chi connectivity index (χ4n) is 1.17. The lowest BCUT2D eigenvalue weighted by Crippen LogP contribution is -1.93. The summed E-state index contributed by atoms with van der Waals surface area (Å²) in [6, 6.07) is 1.92. The Balaban J connectivity index is 2.74. The molecule has 0 bridgehead atoms. The third-order valence-corrected chi connectivity index (χ3v) is 2.30. The number of aliphatic hydroxyl groups excluding tert-OH is 1. The van der Waals surface area contributed by atoms with Crippen molar-refractivity contribution in [2.75, 3.05) is 0 Å². The molecular formula is C10H14ClNO. The fourth-order valence-corrected chi connectivity index (χ4v) is 1.33. The van der Waals surface area contributed by atoms with E-state index in [-0.39, 0.29) is 6.61 Å². The summed E-state index contributed by atoms with van der Waals surface area (Å²) in [6.07, 6.45) is 5.09. The maximum atomic E-state index is 8.94. The van der Waals surface area contributed by atoms with Crippen molar-refractivity contribution >= 4 is 11.6 Å². The third kappa shape index (κ3) is 2.98. The van der Waals surface area contributed by atoms with Crippen molar-refractivity contribution in [3.63, 3.8) is 0 Å². The number of unbranched alkanes of at least 4 members (excludes halogenated alkanes) is 1. The van der Waals surface area contributed by atoms with E-state index in [1.54, 1.807) is 6.20 Å². The molecule has 0 amide bonds. The van der Waals surface area contributed by atoms with E-state index in [1.807, 2.05) is 6.07 Å². The highest BCUT2D eigenvalue weighted by Crippen LogP contribution is 2.15. The van der Waals surface area contributed by atoms with E-state index in [0.29, 0.717) is 5.15 Å². The lowest BCUT2D eigenvalue weighted by Gasteiger charge is -2.03. The summed E-state index contributed by atoms with van der Waals surface area (Å²) in [5, 5.41) is 9.35. The van der Waals surface area contributed by atoms with Crippen LogP contribution in [-0.4, -0.2) is 10.1 Å². The highest BCUT2D eigenvalue weighted by Gasteiger charge is 2.01. The molecule has 2 nitrogen and oxygen atoms in total. The predicted molar refractivity (Wildman–Crippen MR) is 53.8 cm³/mol. The summed E-state index contributed by atoms with van der Waals surface area (Å²) in [7, 11) is 0. The number of pyridine rings is 1. The van der Waals surface area contributed by atoms with Crippen LogP contribution < -0.4 is 0 Å². The molecule has 0 atom stereocenters. The van der Waals surface area contributed by atoms with E-state index < -0.39 is 0 Å². The van der Waals surface area contributed by atoms with Gasteiger partial charge in [-0.2, -0.15) is 0 Å². The zero-order valence-corrected chi connectivity index (χ0v) is 8.51. The predicted octanol–water partition coefficient (Wildman–Crippen LogP) is 2.57. The summed E-state index contributed by atoms with van der Waals surface area (Å²) >= 11 is 5.76. The Morgan fingerprint density at radius 3 is 2.92 bits per heavy atom. The molecule has 13 heavy (non-hydrogen) atoms. The summed E-state index contributed by atoms with van der Waals surface area (Å²) < 4.78 is 0. The van der Waals surface area contributed by atoms with Crippen molar-refractivity contribution in [2.45, 2.75) is 32.8 Å². The first-order valence-corrected chi connectivity index (χ1v) is 4.90. The van der Waals surface area contributed by atoms with Crippen LogP contribution in [0, 0.1) is 0 Å². The van der Waals surface area contributed by atoms with Gasteiger partial charge in [0, 0.05) is 11.8 Å². The van der Waals surface area contributed by atoms with Gasteiger partial charge in [0.15, 0.2) is 0 Å². The molecule has 0 saturated heterocycles. The monoisotopic (exact) mass is 199 g/mol. The molecule has 1 N–H and O–H groups in total. The standard InChI is InChI=1S/C10H14ClNO/c1-2-3-4-8-5-9(7-13)10(11)12-6-8/h5-6,13H,2-4,7H2,1H3. The highest BCUT2D eigenvalue weighted by atomic mass is 35.5. The van der Waals surface area contributed by atoms with Gasteiger partial charge in [0.05, 0.1) is 6.61 Å². The SMILES string of the molecule is CCCCc1cnc(Cl)c(CO)c1. The minimum absolute atomic E-state index is 0.0359. The smallest absolute Gasteiger partial charge is 0.134 e. The number of hydrogen-bond acceptors (Lipinski definition) is 2. The van der Waals surface area contributed by atoms with Crippen molar-refractivity contribution in [1.82, 2.24) is 4.98 Å². The van der Waals surface area contributed by atoms with Crippen LogP contribution in [0.5, 0.6) is 0 Å². The number of halogens is 1. The molecular weight excluding hydrogens is 186 g/mol. The first kappa shape index (κ1) is 10.5. The van der Waals surface area contributed by atoms with Crippen molar-refractivity contribution in [3.05, 3.63) is 28.5 Å². The zero-order chi connectivity index (χ0) is 9.68. The average molecular weight is 200 g/mol. The van der Waals surface area contributed by atoms with Gasteiger partial charge in [-0.25, -0.2) is 4.98 Å². The Morgan fingerprint density at radius 2 is 2.31 bits per heavy atom. The fraction of sp³-hybridized carbons (Fsp3) is 0.500. The van der Waals surface area contributed by atoms with Crippen LogP contribution in [0.1, 0.15) is 30.9 Å². The van der Waals surface area contributed by atoms with Gasteiger partial charge in [-0.1, -0.05) is 24.9 Å². The second kappa shape index (κ2) is 5.20. The van der Waals surface area contributed by atoms with Crippen LogP contribution >= 0.6 is 11.6 Å². The molecule has 0 radical (unpaired) electrons. The van der Waals surface area contributed by atoms with Gasteiger partial charge in [0.1, 0.15) is 5.15 Å². The van der Waals surface area contributed by atoms with E-state index in [0.717, 1.165) is 30.4 Å². The molecule has 3 heteroatoms. The second-order valence-corrected chi connectivity index (χ2v) is 3.41. The van der Waals surface area contributed by atoms with Crippen LogP contribution in [0.2, 0.25) is 5.15 Å². The summed E-state index contributed by atoms with van der Waals surface area (Å²) in [6.45, 7) is 2.11. The first-order chi connectivity index (χ1) is 6.27. The Hall–Kier alpha value is -0.600. The van der Waals surface area contributed by atoms with Crippen LogP contribution in [-0.2, 0) is 13.0 Å². The Morgan fingerprint density at radius 1 is 1.54 bits per heavy atom. The third-order valence-electron chi connectivity index (χ3n) is 1.96. The molecule has 0 unspecified atom stereocenters. The van der Waals surface area contributed by atoms with Gasteiger partial charge < -0.3 is 5.11 Å². The average Bonchev–Trinajstić information content (AvgIpc) is 2.16. The molecule has 0 spiro atoms. The van der Waals surface area contributed by atoms with Crippen LogP contribution in [0.25, 0.3) is 0 Å². The molecule has 1 heterocycles. The van der Waals surface area contributed by atoms with Gasteiger partial charge in [-0.05, 0) is 24.5 Å². The van der Waals surface area contributed by atoms with E-state index >= 15 is 0 Å². The molecule has 0 saturated carbocycles. The van der Waals surface area contributed by atoms with Gasteiger partial charge in [-0.3, -0.25) is 0 Å². The molecule has 72 valence electrons. The Labute approximate surface area is 83.6 Å². The van der Waals surface area contributed by atoms with Gasteiger partial charge in [-0.15, -0.1) is 0 Å². The lowest BCUT2D eigenvalue weighted by atomic mass is 10.1. The van der Waals surface area contributed by atoms with Crippen LogP contribution in [0.4, 0.5) is 0 Å². The topological polar surface area (TPSA) is 33.1 Å². The first-order valence-electron chi connectivity index (χ1n) is 4.52. The van der Waals surface area contributed by atoms with E-state index in [4.69, 9.17) is 16.7 Å². The molecule has 0 fully saturated rings. The van der Waals surface area contributed by atoms with Crippen molar-refractivity contribution in [3.8, 4) is 0 Å². The maximum absolute atomic E-state index is 8.94. The molecule has 0 aliphatic carbocycles. The quantitative estimate of drug-likeness (QED) is 0.757. The number of nitrogens with zero attached hydrogens (tertiary/aromatic N) is 1. The van der Waals surface area contributed by atoms with E-state index in [1.165, 1.54) is 0 Å². The number of aliphatic hydroxyl groups is 1. The van der Waals surface area contributed by atoms with Crippen molar-refractivity contribution in [1.29, 1.82) is 0 Å². The summed E-state index contributed by atoms with van der Waals surface area (Å²) in [5.41, 5.74) is 1.87. The minimum Gasteiger partial charge on any atom is -0.392 e. The van der Waals surface area contributed by atoms with Gasteiger partial charge in [0.25, 0.3) is 0 Å².